The van der Waals surface area contributed by atoms with Crippen molar-refractivity contribution in [1.82, 2.24) is 0 Å². The molecule has 8 atom stereocenters. The van der Waals surface area contributed by atoms with Gasteiger partial charge in [-0.2, -0.15) is 0 Å². The van der Waals surface area contributed by atoms with Crippen molar-refractivity contribution in [2.75, 3.05) is 13.2 Å². The zero-order valence-corrected chi connectivity index (χ0v) is 40.1. The van der Waals surface area contributed by atoms with Crippen molar-refractivity contribution in [2.24, 2.45) is 51.3 Å². The smallest absolute Gasteiger partial charge is 0.306 e. The van der Waals surface area contributed by atoms with Gasteiger partial charge in [-0.15, -0.1) is 11.3 Å². The van der Waals surface area contributed by atoms with E-state index in [1.165, 1.54) is 87.5 Å². The van der Waals surface area contributed by atoms with Crippen molar-refractivity contribution >= 4 is 28.5 Å². The first-order valence-corrected chi connectivity index (χ1v) is 25.9. The van der Waals surface area contributed by atoms with Crippen molar-refractivity contribution in [3.8, 4) is 21.9 Å². The van der Waals surface area contributed by atoms with Gasteiger partial charge in [0.1, 0.15) is 22.6 Å². The summed E-state index contributed by atoms with van der Waals surface area (Å²) in [6, 6.07) is 20.7. The van der Waals surface area contributed by atoms with Gasteiger partial charge in [-0.05, 0) is 189 Å². The molecule has 1 unspecified atom stereocenters. The number of allylic oxidation sites excluding steroid dienone is 1. The van der Waals surface area contributed by atoms with Crippen LogP contribution in [0.4, 0.5) is 5.00 Å². The van der Waals surface area contributed by atoms with Gasteiger partial charge in [0.15, 0.2) is 0 Å². The zero-order valence-electron chi connectivity index (χ0n) is 39.3. The maximum Gasteiger partial charge on any atom is 0.306 e. The molecule has 0 amide bonds. The Morgan fingerprint density at radius 1 is 0.790 bits per heavy atom. The standard InChI is InChI=1S/C56H79NO4S/c1-7-8-9-12-36-60-46-25-20-43(21-26-46)52-30-31-53(62-52)57-39-42-18-23-45(24-19-42)59-37-13-10-11-17-54(58)61-47-32-34-55(5)44(38-47)22-27-48-50-29-28-49(41(4)16-14-15-40(2)3)56(50,6)35-33-51(48)55/h18-26,30-31,39-41,47-51H,7-17,27-29,32-38H2,1-6H3/b57-39+/t41-,47?,48+,49-,50+,51+,55+,56-/m1/s1. The lowest BCUT2D eigenvalue weighted by molar-refractivity contribution is -0.151. The predicted molar refractivity (Wildman–Crippen MR) is 260 cm³/mol. The Morgan fingerprint density at radius 2 is 1.52 bits per heavy atom. The second kappa shape index (κ2) is 22.0. The number of nitrogens with zero attached hydrogens (tertiary/aromatic N) is 1. The molecular formula is C56H79NO4S. The molecule has 4 aliphatic carbocycles. The fourth-order valence-corrected chi connectivity index (χ4v) is 13.4. The summed E-state index contributed by atoms with van der Waals surface area (Å²) in [5.74, 6) is 6.86. The number of fused-ring (bicyclic) bond motifs is 5. The summed E-state index contributed by atoms with van der Waals surface area (Å²) in [6.45, 7) is 16.2. The van der Waals surface area contributed by atoms with Crippen LogP contribution < -0.4 is 9.47 Å². The van der Waals surface area contributed by atoms with Gasteiger partial charge >= 0.3 is 5.97 Å². The highest BCUT2D eigenvalue weighted by molar-refractivity contribution is 7.19. The Labute approximate surface area is 379 Å². The molecule has 338 valence electrons. The highest BCUT2D eigenvalue weighted by atomic mass is 32.1. The van der Waals surface area contributed by atoms with Crippen molar-refractivity contribution in [3.05, 3.63) is 77.9 Å². The normalized spacial score (nSPS) is 27.3. The first-order valence-electron chi connectivity index (χ1n) is 25.0. The SMILES string of the molecule is CCCCCCOc1ccc(-c2ccc(/N=C/c3ccc(OCCCCCC(=O)OC4CC[C@@]5(C)C(=CC[C@H]6[C@@H]7CC[C@H]([C@H](C)CCCC(C)C)[C@@]7(C)CC[C@@H]65)C4)cc3)s2)cc1. The zero-order chi connectivity index (χ0) is 43.5. The average Bonchev–Trinajstić information content (AvgIpc) is 3.89. The number of rotatable bonds is 22. The second-order valence-electron chi connectivity index (χ2n) is 20.7. The quantitative estimate of drug-likeness (QED) is 0.0437. The maximum atomic E-state index is 13.0. The third-order valence-electron chi connectivity index (χ3n) is 16.1. The number of esters is 1. The van der Waals surface area contributed by atoms with E-state index in [1.807, 2.05) is 30.5 Å². The molecule has 3 aromatic rings. The summed E-state index contributed by atoms with van der Waals surface area (Å²) in [5.41, 5.74) is 4.63. The number of carbonyl (C=O) groups excluding carboxylic acids is 1. The molecular weight excluding hydrogens is 783 g/mol. The minimum Gasteiger partial charge on any atom is -0.494 e. The summed E-state index contributed by atoms with van der Waals surface area (Å²) >= 11 is 1.69. The van der Waals surface area contributed by atoms with Gasteiger partial charge < -0.3 is 14.2 Å². The van der Waals surface area contributed by atoms with Gasteiger partial charge in [0, 0.05) is 23.9 Å². The summed E-state index contributed by atoms with van der Waals surface area (Å²) in [7, 11) is 0. The number of hydrogen-bond acceptors (Lipinski definition) is 6. The number of thiophene rings is 1. The summed E-state index contributed by atoms with van der Waals surface area (Å²) in [6.07, 6.45) is 26.9. The largest absolute Gasteiger partial charge is 0.494 e. The lowest BCUT2D eigenvalue weighted by Crippen LogP contribution is -2.51. The summed E-state index contributed by atoms with van der Waals surface area (Å²) in [4.78, 5) is 18.9. The Morgan fingerprint density at radius 3 is 2.24 bits per heavy atom. The van der Waals surface area contributed by atoms with Gasteiger partial charge in [-0.1, -0.05) is 91.7 Å². The summed E-state index contributed by atoms with van der Waals surface area (Å²) < 4.78 is 18.1. The molecule has 0 saturated heterocycles. The first-order chi connectivity index (χ1) is 30.1. The van der Waals surface area contributed by atoms with Crippen LogP contribution in [-0.4, -0.2) is 31.5 Å². The van der Waals surface area contributed by atoms with E-state index in [1.54, 1.807) is 16.9 Å². The van der Waals surface area contributed by atoms with Crippen LogP contribution in [-0.2, 0) is 9.53 Å². The van der Waals surface area contributed by atoms with E-state index >= 15 is 0 Å². The number of carbonyl (C=O) groups is 1. The van der Waals surface area contributed by atoms with E-state index in [9.17, 15) is 4.79 Å². The Balaban J connectivity index is 0.775. The van der Waals surface area contributed by atoms with Gasteiger partial charge in [-0.3, -0.25) is 4.79 Å². The van der Waals surface area contributed by atoms with Gasteiger partial charge in [0.2, 0.25) is 0 Å². The van der Waals surface area contributed by atoms with Gasteiger partial charge in [0.05, 0.1) is 13.2 Å². The molecule has 3 fully saturated rings. The fourth-order valence-electron chi connectivity index (χ4n) is 12.5. The monoisotopic (exact) mass is 862 g/mol. The van der Waals surface area contributed by atoms with E-state index in [-0.39, 0.29) is 17.5 Å². The van der Waals surface area contributed by atoms with Crippen molar-refractivity contribution < 1.29 is 19.0 Å². The van der Waals surface area contributed by atoms with Crippen molar-refractivity contribution in [3.63, 3.8) is 0 Å². The van der Waals surface area contributed by atoms with E-state index < -0.39 is 0 Å². The van der Waals surface area contributed by atoms with Gasteiger partial charge in [0.25, 0.3) is 0 Å². The average molecular weight is 862 g/mol. The van der Waals surface area contributed by atoms with E-state index in [0.29, 0.717) is 18.4 Å². The molecule has 1 heterocycles. The highest BCUT2D eigenvalue weighted by Crippen LogP contribution is 2.67. The number of hydrogen-bond donors (Lipinski definition) is 0. The van der Waals surface area contributed by atoms with Gasteiger partial charge in [-0.25, -0.2) is 4.99 Å². The van der Waals surface area contributed by atoms with Crippen LogP contribution in [0.2, 0.25) is 0 Å². The molecule has 1 aromatic heterocycles. The molecule has 5 nitrogen and oxygen atoms in total. The maximum absolute atomic E-state index is 13.0. The molecule has 62 heavy (non-hydrogen) atoms. The minimum atomic E-state index is -0.0228. The molecule has 0 aliphatic heterocycles. The molecule has 7 rings (SSSR count). The Kier molecular flexibility index (Phi) is 16.5. The molecule has 0 radical (unpaired) electrons. The van der Waals surface area contributed by atoms with E-state index in [4.69, 9.17) is 19.2 Å². The minimum absolute atomic E-state index is 0.0228. The highest BCUT2D eigenvalue weighted by Gasteiger charge is 2.59. The van der Waals surface area contributed by atoms with Crippen LogP contribution in [0.1, 0.15) is 169 Å². The molecule has 6 heteroatoms. The molecule has 0 spiro atoms. The Bertz CT molecular complexity index is 1910. The molecule has 2 aromatic carbocycles. The van der Waals surface area contributed by atoms with Crippen LogP contribution in [0.25, 0.3) is 10.4 Å². The Hall–Kier alpha value is -3.38. The van der Waals surface area contributed by atoms with Crippen molar-refractivity contribution in [2.45, 2.75) is 170 Å². The summed E-state index contributed by atoms with van der Waals surface area (Å²) in [5, 5.41) is 0.975. The molecule has 0 N–H and O–H groups in total. The number of ether oxygens (including phenoxy) is 3. The topological polar surface area (TPSA) is 57.1 Å². The number of aliphatic imine (C=N–C) groups is 1. The molecule has 0 bridgehead atoms. The molecule has 3 saturated carbocycles. The van der Waals surface area contributed by atoms with Crippen LogP contribution in [0.3, 0.4) is 0 Å². The third kappa shape index (κ3) is 11.6. The predicted octanol–water partition coefficient (Wildman–Crippen LogP) is 16.0. The van der Waals surface area contributed by atoms with E-state index in [2.05, 4.69) is 84.0 Å². The number of unbranched alkanes of at least 4 members (excludes halogenated alkanes) is 5. The lowest BCUT2D eigenvalue weighted by Gasteiger charge is -2.58. The molecule has 4 aliphatic rings. The lowest BCUT2D eigenvalue weighted by atomic mass is 9.47. The van der Waals surface area contributed by atoms with E-state index in [0.717, 1.165) is 103 Å². The van der Waals surface area contributed by atoms with Crippen LogP contribution in [0.15, 0.2) is 77.3 Å². The third-order valence-corrected chi connectivity index (χ3v) is 17.1. The van der Waals surface area contributed by atoms with Crippen molar-refractivity contribution in [1.29, 1.82) is 0 Å². The van der Waals surface area contributed by atoms with Crippen LogP contribution in [0, 0.1) is 46.3 Å². The fraction of sp³-hybridized carbons (Fsp3) is 0.643. The van der Waals surface area contributed by atoms with Crippen LogP contribution >= 0.6 is 11.3 Å². The second-order valence-corrected chi connectivity index (χ2v) is 21.8. The first kappa shape index (κ1) is 46.6. The number of benzene rings is 2. The van der Waals surface area contributed by atoms with Crippen LogP contribution in [0.5, 0.6) is 11.5 Å².